The average molecular weight is 292 g/mol. The van der Waals surface area contributed by atoms with Crippen LogP contribution >= 0.6 is 0 Å². The Hall–Kier alpha value is -2.38. The fraction of sp³-hybridized carbons (Fsp3) is 0.286. The van der Waals surface area contributed by atoms with Gasteiger partial charge in [-0.3, -0.25) is 9.59 Å². The maximum absolute atomic E-state index is 11.9. The first-order chi connectivity index (χ1) is 9.73. The lowest BCUT2D eigenvalue weighted by molar-refractivity contribution is -0.204. The van der Waals surface area contributed by atoms with Gasteiger partial charge in [0.1, 0.15) is 17.3 Å². The number of fused-ring (bicyclic) bond motifs is 2. The Bertz CT molecular complexity index is 728. The first-order valence-corrected chi connectivity index (χ1v) is 6.18. The number of phenols is 2. The van der Waals surface area contributed by atoms with Gasteiger partial charge in [-0.1, -0.05) is 0 Å². The monoisotopic (exact) mass is 292 g/mol. The third-order valence-corrected chi connectivity index (χ3v) is 3.67. The van der Waals surface area contributed by atoms with Crippen molar-refractivity contribution < 1.29 is 34.8 Å². The third-order valence-electron chi connectivity index (χ3n) is 3.67. The van der Waals surface area contributed by atoms with E-state index in [-0.39, 0.29) is 29.7 Å². The highest BCUT2D eigenvalue weighted by molar-refractivity contribution is 6.51. The number of aliphatic hydroxyl groups is 2. The SMILES string of the molecule is CC1(O)Cc2c(O)c3c(c(O)c2CO1)C(O)=CC(=O)C3=O. The molecular formula is C14H12O7. The van der Waals surface area contributed by atoms with Crippen LogP contribution in [0.4, 0.5) is 0 Å². The summed E-state index contributed by atoms with van der Waals surface area (Å²) in [6, 6.07) is 0. The second-order valence-electron chi connectivity index (χ2n) is 5.27. The van der Waals surface area contributed by atoms with E-state index >= 15 is 0 Å². The average Bonchev–Trinajstić information content (AvgIpc) is 2.39. The minimum atomic E-state index is -1.56. The van der Waals surface area contributed by atoms with Crippen LogP contribution in [0.1, 0.15) is 34.0 Å². The summed E-state index contributed by atoms with van der Waals surface area (Å²) in [5, 5.41) is 40.1. The number of hydrogen-bond acceptors (Lipinski definition) is 7. The zero-order chi connectivity index (χ0) is 15.5. The van der Waals surface area contributed by atoms with Gasteiger partial charge in [0.2, 0.25) is 11.6 Å². The lowest BCUT2D eigenvalue weighted by atomic mass is 9.84. The minimum Gasteiger partial charge on any atom is -0.507 e. The van der Waals surface area contributed by atoms with Gasteiger partial charge >= 0.3 is 0 Å². The molecule has 0 radical (unpaired) electrons. The van der Waals surface area contributed by atoms with E-state index < -0.39 is 40.2 Å². The normalized spacial score (nSPS) is 24.4. The van der Waals surface area contributed by atoms with Gasteiger partial charge in [0, 0.05) is 23.6 Å². The van der Waals surface area contributed by atoms with E-state index in [1.54, 1.807) is 0 Å². The Morgan fingerprint density at radius 3 is 2.38 bits per heavy atom. The van der Waals surface area contributed by atoms with Crippen molar-refractivity contribution in [2.24, 2.45) is 0 Å². The summed E-state index contributed by atoms with van der Waals surface area (Å²) in [4.78, 5) is 23.4. The molecule has 0 spiro atoms. The molecule has 0 bridgehead atoms. The molecule has 0 saturated carbocycles. The molecule has 1 aliphatic heterocycles. The molecule has 2 aliphatic rings. The number of phenolic OH excluding ortho intramolecular Hbond substituents is 2. The van der Waals surface area contributed by atoms with Crippen molar-refractivity contribution in [1.82, 2.24) is 0 Å². The van der Waals surface area contributed by atoms with E-state index in [0.29, 0.717) is 6.08 Å². The van der Waals surface area contributed by atoms with Gasteiger partial charge in [0.25, 0.3) is 0 Å². The van der Waals surface area contributed by atoms with E-state index in [1.807, 2.05) is 0 Å². The number of ether oxygens (including phenoxy) is 1. The van der Waals surface area contributed by atoms with E-state index in [0.717, 1.165) is 0 Å². The Kier molecular flexibility index (Phi) is 2.63. The van der Waals surface area contributed by atoms with Crippen LogP contribution in [0.3, 0.4) is 0 Å². The number of aliphatic hydroxyl groups excluding tert-OH is 1. The van der Waals surface area contributed by atoms with Crippen molar-refractivity contribution in [3.63, 3.8) is 0 Å². The molecule has 1 aromatic carbocycles. The van der Waals surface area contributed by atoms with E-state index in [4.69, 9.17) is 4.74 Å². The van der Waals surface area contributed by atoms with Gasteiger partial charge in [-0.15, -0.1) is 0 Å². The predicted octanol–water partition coefficient (Wildman–Crippen LogP) is 0.543. The van der Waals surface area contributed by atoms with Crippen LogP contribution in [-0.2, 0) is 22.6 Å². The van der Waals surface area contributed by atoms with Crippen LogP contribution in [0.25, 0.3) is 5.76 Å². The molecule has 1 aliphatic carbocycles. The van der Waals surface area contributed by atoms with E-state index in [9.17, 15) is 30.0 Å². The molecule has 0 fully saturated rings. The quantitative estimate of drug-likeness (QED) is 0.406. The van der Waals surface area contributed by atoms with Crippen molar-refractivity contribution in [3.8, 4) is 11.5 Å². The molecule has 0 aromatic heterocycles. The standard InChI is InChI=1S/C14H12O7/c1-14(20)3-5-6(4-21-14)12(18)9-7(15)2-8(16)13(19)10(9)11(5)17/h2,15,17-18,20H,3-4H2,1H3. The first kappa shape index (κ1) is 13.6. The van der Waals surface area contributed by atoms with Crippen molar-refractivity contribution >= 4 is 17.3 Å². The number of ketones is 2. The molecule has 4 N–H and O–H groups in total. The number of benzene rings is 1. The number of carbonyl (C=O) groups excluding carboxylic acids is 2. The van der Waals surface area contributed by atoms with Gasteiger partial charge in [0.05, 0.1) is 17.7 Å². The summed E-state index contributed by atoms with van der Waals surface area (Å²) in [5.74, 6) is -5.15. The molecule has 1 heterocycles. The maximum atomic E-state index is 11.9. The van der Waals surface area contributed by atoms with Crippen LogP contribution in [0, 0.1) is 0 Å². The molecule has 0 saturated heterocycles. The van der Waals surface area contributed by atoms with Crippen LogP contribution in [-0.4, -0.2) is 37.8 Å². The first-order valence-electron chi connectivity index (χ1n) is 6.18. The molecule has 7 nitrogen and oxygen atoms in total. The highest BCUT2D eigenvalue weighted by Gasteiger charge is 2.39. The fourth-order valence-electron chi connectivity index (χ4n) is 2.63. The van der Waals surface area contributed by atoms with Crippen LogP contribution in [0.2, 0.25) is 0 Å². The summed E-state index contributed by atoms with van der Waals surface area (Å²) in [7, 11) is 0. The van der Waals surface area contributed by atoms with Crippen LogP contribution < -0.4 is 0 Å². The van der Waals surface area contributed by atoms with Gasteiger partial charge in [-0.2, -0.15) is 0 Å². The smallest absolute Gasteiger partial charge is 0.237 e. The van der Waals surface area contributed by atoms with Gasteiger partial charge < -0.3 is 25.2 Å². The zero-order valence-corrected chi connectivity index (χ0v) is 11.0. The number of Topliss-reactive ketones (excluding diaryl/α,β-unsaturated/α-hetero) is 1. The summed E-state index contributed by atoms with van der Waals surface area (Å²) in [5.41, 5.74) is -0.451. The lowest BCUT2D eigenvalue weighted by Crippen LogP contribution is -2.35. The molecule has 0 amide bonds. The molecule has 21 heavy (non-hydrogen) atoms. The molecule has 1 atom stereocenters. The summed E-state index contributed by atoms with van der Waals surface area (Å²) < 4.78 is 5.13. The molecule has 3 rings (SSSR count). The van der Waals surface area contributed by atoms with Gasteiger partial charge in [0.15, 0.2) is 5.79 Å². The highest BCUT2D eigenvalue weighted by atomic mass is 16.6. The number of carbonyl (C=O) groups is 2. The van der Waals surface area contributed by atoms with E-state index in [2.05, 4.69) is 0 Å². The predicted molar refractivity (Wildman–Crippen MR) is 68.8 cm³/mol. The second kappa shape index (κ2) is 4.06. The number of aromatic hydroxyl groups is 2. The Morgan fingerprint density at radius 1 is 1.10 bits per heavy atom. The van der Waals surface area contributed by atoms with Crippen LogP contribution in [0.5, 0.6) is 11.5 Å². The molecule has 110 valence electrons. The highest BCUT2D eigenvalue weighted by Crippen LogP contribution is 2.46. The number of rotatable bonds is 0. The lowest BCUT2D eigenvalue weighted by Gasteiger charge is -2.32. The van der Waals surface area contributed by atoms with Gasteiger partial charge in [-0.25, -0.2) is 0 Å². The Balaban J connectivity index is 2.35. The maximum Gasteiger partial charge on any atom is 0.237 e. The summed E-state index contributed by atoms with van der Waals surface area (Å²) >= 11 is 0. The fourth-order valence-corrected chi connectivity index (χ4v) is 2.63. The van der Waals surface area contributed by atoms with Crippen molar-refractivity contribution in [3.05, 3.63) is 28.3 Å². The molecular weight excluding hydrogens is 280 g/mol. The van der Waals surface area contributed by atoms with Crippen molar-refractivity contribution in [2.75, 3.05) is 0 Å². The number of allylic oxidation sites excluding steroid dienone is 1. The third kappa shape index (κ3) is 1.82. The summed E-state index contributed by atoms with van der Waals surface area (Å²) in [6.07, 6.45) is 0.525. The minimum absolute atomic E-state index is 0.123. The molecule has 7 heteroatoms. The van der Waals surface area contributed by atoms with Crippen molar-refractivity contribution in [2.45, 2.75) is 25.7 Å². The van der Waals surface area contributed by atoms with E-state index in [1.165, 1.54) is 6.92 Å². The second-order valence-corrected chi connectivity index (χ2v) is 5.27. The topological polar surface area (TPSA) is 124 Å². The zero-order valence-electron chi connectivity index (χ0n) is 11.0. The number of hydrogen-bond donors (Lipinski definition) is 4. The molecule has 1 unspecified atom stereocenters. The summed E-state index contributed by atoms with van der Waals surface area (Å²) in [6.45, 7) is 1.17. The largest absolute Gasteiger partial charge is 0.507 e. The van der Waals surface area contributed by atoms with Crippen molar-refractivity contribution in [1.29, 1.82) is 0 Å². The molecule has 1 aromatic rings. The van der Waals surface area contributed by atoms with Gasteiger partial charge in [-0.05, 0) is 6.92 Å². The Labute approximate surface area is 118 Å². The van der Waals surface area contributed by atoms with Crippen LogP contribution in [0.15, 0.2) is 6.08 Å². The Morgan fingerprint density at radius 2 is 1.71 bits per heavy atom.